The SMILES string of the molecule is O=C1CC2CC(N1)C1CC=CC21. The summed E-state index contributed by atoms with van der Waals surface area (Å²) in [4.78, 5) is 11.2. The summed E-state index contributed by atoms with van der Waals surface area (Å²) < 4.78 is 0. The van der Waals surface area contributed by atoms with E-state index in [1.807, 2.05) is 0 Å². The predicted molar refractivity (Wildman–Crippen MR) is 45.4 cm³/mol. The van der Waals surface area contributed by atoms with Gasteiger partial charge in [-0.25, -0.2) is 0 Å². The van der Waals surface area contributed by atoms with Crippen molar-refractivity contribution in [2.24, 2.45) is 17.8 Å². The van der Waals surface area contributed by atoms with Gasteiger partial charge in [-0.2, -0.15) is 0 Å². The van der Waals surface area contributed by atoms with Crippen molar-refractivity contribution in [1.82, 2.24) is 5.32 Å². The molecule has 1 saturated carbocycles. The highest BCUT2D eigenvalue weighted by Gasteiger charge is 2.47. The second-order valence-electron chi connectivity index (χ2n) is 4.28. The number of allylic oxidation sites excluding steroid dienone is 2. The molecule has 3 rings (SSSR count). The molecule has 2 nitrogen and oxygen atoms in total. The zero-order valence-corrected chi connectivity index (χ0v) is 6.99. The van der Waals surface area contributed by atoms with E-state index in [1.54, 1.807) is 0 Å². The molecule has 0 aromatic rings. The van der Waals surface area contributed by atoms with E-state index >= 15 is 0 Å². The van der Waals surface area contributed by atoms with Crippen molar-refractivity contribution in [3.05, 3.63) is 12.2 Å². The fraction of sp³-hybridized carbons (Fsp3) is 0.700. The van der Waals surface area contributed by atoms with E-state index < -0.39 is 0 Å². The summed E-state index contributed by atoms with van der Waals surface area (Å²) in [5.41, 5.74) is 0. The van der Waals surface area contributed by atoms with Crippen molar-refractivity contribution >= 4 is 5.91 Å². The molecular weight excluding hydrogens is 150 g/mol. The smallest absolute Gasteiger partial charge is 0.220 e. The molecule has 0 aromatic heterocycles. The maximum Gasteiger partial charge on any atom is 0.220 e. The van der Waals surface area contributed by atoms with Crippen LogP contribution in [0.15, 0.2) is 12.2 Å². The Morgan fingerprint density at radius 3 is 3.33 bits per heavy atom. The summed E-state index contributed by atoms with van der Waals surface area (Å²) in [5, 5.41) is 3.10. The third kappa shape index (κ3) is 0.728. The van der Waals surface area contributed by atoms with Gasteiger partial charge in [-0.15, -0.1) is 0 Å². The van der Waals surface area contributed by atoms with E-state index in [1.165, 1.54) is 12.8 Å². The van der Waals surface area contributed by atoms with Crippen molar-refractivity contribution in [2.75, 3.05) is 0 Å². The highest BCUT2D eigenvalue weighted by molar-refractivity contribution is 5.78. The summed E-state index contributed by atoms with van der Waals surface area (Å²) in [7, 11) is 0. The average molecular weight is 163 g/mol. The number of hydrogen-bond acceptors (Lipinski definition) is 1. The number of hydrogen-bond donors (Lipinski definition) is 1. The normalized spacial score (nSPS) is 49.2. The Kier molecular flexibility index (Phi) is 1.18. The minimum absolute atomic E-state index is 0.277. The van der Waals surface area contributed by atoms with Gasteiger partial charge in [-0.1, -0.05) is 12.2 Å². The standard InChI is InChI=1S/C10H13NO/c12-10-5-6-4-9(11-10)8-3-1-2-7(6)8/h1-2,6-9H,3-5H2,(H,11,12). The molecule has 1 N–H and O–H groups in total. The van der Waals surface area contributed by atoms with Crippen LogP contribution < -0.4 is 5.32 Å². The lowest BCUT2D eigenvalue weighted by Crippen LogP contribution is -2.39. The van der Waals surface area contributed by atoms with E-state index in [-0.39, 0.29) is 5.91 Å². The summed E-state index contributed by atoms with van der Waals surface area (Å²) in [6.07, 6.45) is 7.79. The maximum absolute atomic E-state index is 11.2. The Hall–Kier alpha value is -0.790. The van der Waals surface area contributed by atoms with Crippen LogP contribution in [0.25, 0.3) is 0 Å². The average Bonchev–Trinajstić information content (AvgIpc) is 2.56. The highest BCUT2D eigenvalue weighted by Crippen LogP contribution is 2.47. The Morgan fingerprint density at radius 1 is 1.50 bits per heavy atom. The molecule has 0 spiro atoms. The zero-order chi connectivity index (χ0) is 8.13. The second kappa shape index (κ2) is 2.12. The van der Waals surface area contributed by atoms with Crippen LogP contribution in [-0.2, 0) is 4.79 Å². The van der Waals surface area contributed by atoms with E-state index in [0.29, 0.717) is 17.9 Å². The predicted octanol–water partition coefficient (Wildman–Crippen LogP) is 1.09. The van der Waals surface area contributed by atoms with Crippen LogP contribution in [-0.4, -0.2) is 11.9 Å². The molecule has 64 valence electrons. The first-order chi connectivity index (χ1) is 5.84. The van der Waals surface area contributed by atoms with Crippen LogP contribution in [0.4, 0.5) is 0 Å². The number of nitrogens with one attached hydrogen (secondary N) is 1. The summed E-state index contributed by atoms with van der Waals surface area (Å²) in [5.74, 6) is 2.39. The minimum atomic E-state index is 0.277. The van der Waals surface area contributed by atoms with Crippen LogP contribution in [0.5, 0.6) is 0 Å². The number of piperidine rings is 1. The monoisotopic (exact) mass is 163 g/mol. The van der Waals surface area contributed by atoms with Crippen LogP contribution in [0.1, 0.15) is 19.3 Å². The second-order valence-corrected chi connectivity index (χ2v) is 4.28. The van der Waals surface area contributed by atoms with Gasteiger partial charge in [0.05, 0.1) is 0 Å². The number of carbonyl (C=O) groups excluding carboxylic acids is 1. The molecule has 0 radical (unpaired) electrons. The quantitative estimate of drug-likeness (QED) is 0.532. The lowest BCUT2D eigenvalue weighted by Gasteiger charge is -2.21. The van der Waals surface area contributed by atoms with E-state index in [2.05, 4.69) is 17.5 Å². The molecular formula is C10H13NO. The molecule has 0 aromatic carbocycles. The first-order valence-corrected chi connectivity index (χ1v) is 4.80. The molecule has 2 fully saturated rings. The maximum atomic E-state index is 11.2. The molecule has 12 heavy (non-hydrogen) atoms. The van der Waals surface area contributed by atoms with Crippen LogP contribution in [0.2, 0.25) is 0 Å². The number of fused-ring (bicyclic) bond motifs is 5. The zero-order valence-electron chi connectivity index (χ0n) is 6.99. The third-order valence-electron chi connectivity index (χ3n) is 3.67. The molecule has 1 amide bonds. The van der Waals surface area contributed by atoms with Crippen molar-refractivity contribution in [3.8, 4) is 0 Å². The molecule has 2 aliphatic carbocycles. The van der Waals surface area contributed by atoms with Crippen molar-refractivity contribution in [2.45, 2.75) is 25.3 Å². The Labute approximate surface area is 72.0 Å². The van der Waals surface area contributed by atoms with Gasteiger partial charge in [-0.05, 0) is 30.6 Å². The number of amides is 1. The third-order valence-corrected chi connectivity index (χ3v) is 3.67. The molecule has 4 atom stereocenters. The minimum Gasteiger partial charge on any atom is -0.353 e. The van der Waals surface area contributed by atoms with E-state index in [9.17, 15) is 4.79 Å². The number of rotatable bonds is 0. The lowest BCUT2D eigenvalue weighted by molar-refractivity contribution is -0.123. The molecule has 1 saturated heterocycles. The first kappa shape index (κ1) is 6.70. The van der Waals surface area contributed by atoms with Gasteiger partial charge in [0.1, 0.15) is 0 Å². The van der Waals surface area contributed by atoms with Crippen LogP contribution in [0, 0.1) is 17.8 Å². The molecule has 1 aliphatic heterocycles. The summed E-state index contributed by atoms with van der Waals surface area (Å²) in [6.45, 7) is 0. The Morgan fingerprint density at radius 2 is 2.42 bits per heavy atom. The Bertz CT molecular complexity index is 259. The van der Waals surface area contributed by atoms with Crippen molar-refractivity contribution < 1.29 is 4.79 Å². The van der Waals surface area contributed by atoms with E-state index in [4.69, 9.17) is 0 Å². The highest BCUT2D eigenvalue weighted by atomic mass is 16.1. The molecule has 3 aliphatic rings. The first-order valence-electron chi connectivity index (χ1n) is 4.80. The number of carbonyl (C=O) groups is 1. The fourth-order valence-corrected chi connectivity index (χ4v) is 3.18. The molecule has 1 heterocycles. The largest absolute Gasteiger partial charge is 0.353 e. The van der Waals surface area contributed by atoms with Crippen molar-refractivity contribution in [1.29, 1.82) is 0 Å². The van der Waals surface area contributed by atoms with Gasteiger partial charge in [0.15, 0.2) is 0 Å². The van der Waals surface area contributed by atoms with Gasteiger partial charge in [-0.3, -0.25) is 4.79 Å². The molecule has 2 bridgehead atoms. The van der Waals surface area contributed by atoms with Crippen LogP contribution in [0.3, 0.4) is 0 Å². The van der Waals surface area contributed by atoms with Crippen molar-refractivity contribution in [3.63, 3.8) is 0 Å². The molecule has 4 unspecified atom stereocenters. The van der Waals surface area contributed by atoms with Gasteiger partial charge in [0.25, 0.3) is 0 Å². The van der Waals surface area contributed by atoms with Gasteiger partial charge in [0.2, 0.25) is 5.91 Å². The van der Waals surface area contributed by atoms with Gasteiger partial charge < -0.3 is 5.32 Å². The summed E-state index contributed by atoms with van der Waals surface area (Å²) >= 11 is 0. The fourth-order valence-electron chi connectivity index (χ4n) is 3.18. The summed E-state index contributed by atoms with van der Waals surface area (Å²) in [6, 6.07) is 0.497. The lowest BCUT2D eigenvalue weighted by atomic mass is 9.91. The van der Waals surface area contributed by atoms with Gasteiger partial charge in [0, 0.05) is 12.5 Å². The Balaban J connectivity index is 1.94. The molecule has 2 heteroatoms. The topological polar surface area (TPSA) is 29.1 Å². The van der Waals surface area contributed by atoms with Gasteiger partial charge >= 0.3 is 0 Å². The van der Waals surface area contributed by atoms with E-state index in [0.717, 1.165) is 12.3 Å². The van der Waals surface area contributed by atoms with Crippen LogP contribution >= 0.6 is 0 Å².